The van der Waals surface area contributed by atoms with Crippen molar-refractivity contribution in [2.45, 2.75) is 39.2 Å². The molecule has 11 heavy (non-hydrogen) atoms. The molecule has 1 unspecified atom stereocenters. The molecular weight excluding hydrogens is 140 g/mol. The van der Waals surface area contributed by atoms with Crippen LogP contribution in [-0.2, 0) is 4.79 Å². The minimum atomic E-state index is -0.446. The topological polar surface area (TPSA) is 37.3 Å². The Morgan fingerprint density at radius 2 is 2.27 bits per heavy atom. The van der Waals surface area contributed by atoms with E-state index in [1.807, 2.05) is 0 Å². The molecule has 0 aromatic rings. The van der Waals surface area contributed by atoms with Crippen molar-refractivity contribution in [1.82, 2.24) is 0 Å². The van der Waals surface area contributed by atoms with Crippen molar-refractivity contribution >= 4 is 5.78 Å². The molecule has 0 radical (unpaired) electrons. The molecule has 0 aromatic carbocycles. The molecule has 0 aliphatic heterocycles. The van der Waals surface area contributed by atoms with Gasteiger partial charge in [0.15, 0.2) is 5.78 Å². The lowest BCUT2D eigenvalue weighted by Gasteiger charge is -2.01. The Bertz CT molecular complexity index is 138. The molecule has 64 valence electrons. The quantitative estimate of drug-likeness (QED) is 0.615. The molecule has 1 N–H and O–H groups in total. The van der Waals surface area contributed by atoms with Crippen LogP contribution in [0, 0.1) is 0 Å². The molecule has 1 atom stereocenters. The van der Waals surface area contributed by atoms with Gasteiger partial charge in [-0.3, -0.25) is 4.79 Å². The highest BCUT2D eigenvalue weighted by Gasteiger charge is 1.96. The molecule has 0 saturated heterocycles. The minimum Gasteiger partial charge on any atom is -0.389 e. The first-order chi connectivity index (χ1) is 5.16. The smallest absolute Gasteiger partial charge is 0.152 e. The third kappa shape index (κ3) is 7.26. The molecular formula is C9H16O2. The third-order valence-corrected chi connectivity index (χ3v) is 1.41. The highest BCUT2D eigenvalue weighted by molar-refractivity contribution is 5.87. The fourth-order valence-corrected chi connectivity index (χ4v) is 0.756. The summed E-state index contributed by atoms with van der Waals surface area (Å²) < 4.78 is 0. The predicted molar refractivity (Wildman–Crippen MR) is 45.4 cm³/mol. The van der Waals surface area contributed by atoms with Crippen LogP contribution in [0.25, 0.3) is 0 Å². The molecule has 0 bridgehead atoms. The van der Waals surface area contributed by atoms with Crippen molar-refractivity contribution in [3.63, 3.8) is 0 Å². The third-order valence-electron chi connectivity index (χ3n) is 1.41. The molecule has 0 amide bonds. The number of hydrogen-bond donors (Lipinski definition) is 1. The van der Waals surface area contributed by atoms with Gasteiger partial charge in [0, 0.05) is 0 Å². The lowest BCUT2D eigenvalue weighted by Crippen LogP contribution is -2.01. The number of carbonyl (C=O) groups excluding carboxylic acids is 1. The number of ketones is 1. The first-order valence-corrected chi connectivity index (χ1v) is 4.03. The van der Waals surface area contributed by atoms with E-state index in [-0.39, 0.29) is 5.78 Å². The van der Waals surface area contributed by atoms with E-state index < -0.39 is 6.10 Å². The van der Waals surface area contributed by atoms with Crippen LogP contribution < -0.4 is 0 Å². The highest BCUT2D eigenvalue weighted by atomic mass is 16.3. The lowest BCUT2D eigenvalue weighted by atomic mass is 10.1. The second kappa shape index (κ2) is 6.10. The fourth-order valence-electron chi connectivity index (χ4n) is 0.756. The molecule has 0 aliphatic carbocycles. The Hall–Kier alpha value is -0.630. The van der Waals surface area contributed by atoms with E-state index >= 15 is 0 Å². The molecule has 0 aliphatic rings. The maximum absolute atomic E-state index is 10.4. The number of allylic oxidation sites excluding steroid dienone is 1. The van der Waals surface area contributed by atoms with E-state index in [0.717, 1.165) is 19.3 Å². The van der Waals surface area contributed by atoms with Crippen LogP contribution in [0.3, 0.4) is 0 Å². The van der Waals surface area contributed by atoms with Crippen LogP contribution in [0.4, 0.5) is 0 Å². The average molecular weight is 156 g/mol. The van der Waals surface area contributed by atoms with Gasteiger partial charge in [0.2, 0.25) is 0 Å². The largest absolute Gasteiger partial charge is 0.389 e. The van der Waals surface area contributed by atoms with Gasteiger partial charge in [-0.2, -0.15) is 0 Å². The molecule has 0 rings (SSSR count). The molecule has 0 spiro atoms. The second-order valence-corrected chi connectivity index (χ2v) is 2.68. The van der Waals surface area contributed by atoms with Gasteiger partial charge in [0.1, 0.15) is 0 Å². The number of carbonyl (C=O) groups is 1. The van der Waals surface area contributed by atoms with E-state index in [2.05, 4.69) is 6.92 Å². The Balaban J connectivity index is 3.50. The number of hydrogen-bond acceptors (Lipinski definition) is 2. The van der Waals surface area contributed by atoms with Crippen LogP contribution in [0.5, 0.6) is 0 Å². The Labute approximate surface area is 67.9 Å². The van der Waals surface area contributed by atoms with Crippen molar-refractivity contribution in [3.05, 3.63) is 12.2 Å². The summed E-state index contributed by atoms with van der Waals surface area (Å²) in [4.78, 5) is 10.4. The Kier molecular flexibility index (Phi) is 5.75. The van der Waals surface area contributed by atoms with Gasteiger partial charge >= 0.3 is 0 Å². The van der Waals surface area contributed by atoms with Gasteiger partial charge in [-0.1, -0.05) is 25.8 Å². The number of aliphatic hydroxyl groups excluding tert-OH is 1. The van der Waals surface area contributed by atoms with Crippen molar-refractivity contribution < 1.29 is 9.90 Å². The first-order valence-electron chi connectivity index (χ1n) is 4.03. The zero-order valence-electron chi connectivity index (χ0n) is 7.21. The predicted octanol–water partition coefficient (Wildman–Crippen LogP) is 1.68. The van der Waals surface area contributed by atoms with E-state index in [0.29, 0.717) is 0 Å². The molecule has 2 heteroatoms. The fraction of sp³-hybridized carbons (Fsp3) is 0.667. The first kappa shape index (κ1) is 10.4. The Morgan fingerprint density at radius 1 is 1.64 bits per heavy atom. The molecule has 0 aromatic heterocycles. The zero-order valence-corrected chi connectivity index (χ0v) is 7.21. The number of aliphatic hydroxyl groups is 1. The highest BCUT2D eigenvalue weighted by Crippen LogP contribution is 2.00. The van der Waals surface area contributed by atoms with Crippen LogP contribution in [0.2, 0.25) is 0 Å². The van der Waals surface area contributed by atoms with Gasteiger partial charge in [-0.25, -0.2) is 0 Å². The summed E-state index contributed by atoms with van der Waals surface area (Å²) in [6, 6.07) is 0. The molecule has 2 nitrogen and oxygen atoms in total. The molecule has 0 fully saturated rings. The summed E-state index contributed by atoms with van der Waals surface area (Å²) in [5.74, 6) is -0.0134. The Morgan fingerprint density at radius 3 is 2.73 bits per heavy atom. The van der Waals surface area contributed by atoms with Gasteiger partial charge < -0.3 is 5.11 Å². The van der Waals surface area contributed by atoms with Crippen LogP contribution >= 0.6 is 0 Å². The van der Waals surface area contributed by atoms with E-state index in [1.54, 1.807) is 6.08 Å². The van der Waals surface area contributed by atoms with E-state index in [9.17, 15) is 9.90 Å². The van der Waals surface area contributed by atoms with Crippen LogP contribution in [0.15, 0.2) is 12.2 Å². The number of unbranched alkanes of at least 4 members (excludes halogenated alkanes) is 1. The van der Waals surface area contributed by atoms with Crippen LogP contribution in [0.1, 0.15) is 33.1 Å². The molecule has 0 heterocycles. The number of rotatable bonds is 5. The summed E-state index contributed by atoms with van der Waals surface area (Å²) in [7, 11) is 0. The van der Waals surface area contributed by atoms with Crippen molar-refractivity contribution in [2.24, 2.45) is 0 Å². The van der Waals surface area contributed by atoms with Gasteiger partial charge in [0.05, 0.1) is 6.10 Å². The van der Waals surface area contributed by atoms with Crippen LogP contribution in [-0.4, -0.2) is 17.0 Å². The van der Waals surface area contributed by atoms with Gasteiger partial charge in [-0.05, 0) is 19.4 Å². The van der Waals surface area contributed by atoms with E-state index in [4.69, 9.17) is 0 Å². The van der Waals surface area contributed by atoms with Gasteiger partial charge in [-0.15, -0.1) is 0 Å². The standard InChI is InChI=1S/C9H16O2/c1-3-4-5-9(11)7-6-8(2)10/h6-7,9,11H,3-5H2,1-2H3. The SMILES string of the molecule is CCCCC(O)C=CC(C)=O. The summed E-state index contributed by atoms with van der Waals surface area (Å²) in [5, 5.41) is 9.19. The summed E-state index contributed by atoms with van der Waals surface area (Å²) in [6.45, 7) is 3.55. The minimum absolute atomic E-state index is 0.0134. The summed E-state index contributed by atoms with van der Waals surface area (Å²) in [6.07, 6.45) is 5.35. The maximum Gasteiger partial charge on any atom is 0.152 e. The molecule has 0 saturated carbocycles. The van der Waals surface area contributed by atoms with Gasteiger partial charge in [0.25, 0.3) is 0 Å². The summed E-state index contributed by atoms with van der Waals surface area (Å²) in [5.41, 5.74) is 0. The van der Waals surface area contributed by atoms with Crippen molar-refractivity contribution in [1.29, 1.82) is 0 Å². The van der Waals surface area contributed by atoms with E-state index in [1.165, 1.54) is 13.0 Å². The second-order valence-electron chi connectivity index (χ2n) is 2.68. The zero-order chi connectivity index (χ0) is 8.69. The maximum atomic E-state index is 10.4. The van der Waals surface area contributed by atoms with Crippen molar-refractivity contribution in [2.75, 3.05) is 0 Å². The lowest BCUT2D eigenvalue weighted by molar-refractivity contribution is -0.112. The van der Waals surface area contributed by atoms with Crippen molar-refractivity contribution in [3.8, 4) is 0 Å². The summed E-state index contributed by atoms with van der Waals surface area (Å²) >= 11 is 0. The monoisotopic (exact) mass is 156 g/mol. The average Bonchev–Trinajstić information content (AvgIpc) is 1.97. The normalized spacial score (nSPS) is 13.7.